The number of carbonyl (C=O) groups excluding carboxylic acids is 1. The summed E-state index contributed by atoms with van der Waals surface area (Å²) in [6, 6.07) is 16.4. The van der Waals surface area contributed by atoms with Gasteiger partial charge in [-0.05, 0) is 45.6 Å². The summed E-state index contributed by atoms with van der Waals surface area (Å²) in [4.78, 5) is 15.2. The minimum atomic E-state index is -2.07. The zero-order valence-electron chi connectivity index (χ0n) is 17.3. The van der Waals surface area contributed by atoms with Crippen molar-refractivity contribution in [1.82, 2.24) is 0 Å². The van der Waals surface area contributed by atoms with E-state index in [0.717, 1.165) is 22.5 Å². The van der Waals surface area contributed by atoms with E-state index in [1.165, 1.54) is 7.11 Å². The molecule has 2 aromatic carbocycles. The number of rotatable bonds is 4. The first-order valence-electron chi connectivity index (χ1n) is 9.27. The van der Waals surface area contributed by atoms with Gasteiger partial charge in [-0.1, -0.05) is 36.4 Å². The second-order valence-corrected chi connectivity index (χ2v) is 13.0. The van der Waals surface area contributed by atoms with E-state index in [0.29, 0.717) is 0 Å². The first kappa shape index (κ1) is 19.6. The molecule has 1 aliphatic rings. The van der Waals surface area contributed by atoms with Crippen molar-refractivity contribution in [3.05, 3.63) is 59.7 Å². The lowest BCUT2D eigenvalue weighted by Gasteiger charge is -2.53. The Balaban J connectivity index is 2.46. The van der Waals surface area contributed by atoms with Crippen LogP contribution in [-0.2, 0) is 19.6 Å². The van der Waals surface area contributed by atoms with Crippen LogP contribution < -0.4 is 4.90 Å². The molecule has 3 rings (SSSR count). The molecule has 0 unspecified atom stereocenters. The number of hydrogen-bond donors (Lipinski definition) is 0. The fourth-order valence-corrected chi connectivity index (χ4v) is 5.57. The van der Waals surface area contributed by atoms with Gasteiger partial charge in [-0.3, -0.25) is 4.79 Å². The van der Waals surface area contributed by atoms with E-state index in [2.05, 4.69) is 55.9 Å². The van der Waals surface area contributed by atoms with Crippen molar-refractivity contribution in [2.45, 2.75) is 39.1 Å². The second kappa shape index (κ2) is 6.50. The van der Waals surface area contributed by atoms with Gasteiger partial charge in [0.1, 0.15) is 5.60 Å². The Morgan fingerprint density at radius 2 is 1.41 bits per heavy atom. The van der Waals surface area contributed by atoms with Crippen LogP contribution in [0.4, 0.5) is 11.4 Å². The van der Waals surface area contributed by atoms with E-state index in [1.54, 1.807) is 0 Å². The predicted octanol–water partition coefficient (Wildman–Crippen LogP) is 5.06. The zero-order chi connectivity index (χ0) is 20.0. The lowest BCUT2D eigenvalue weighted by molar-refractivity contribution is -0.163. The Morgan fingerprint density at radius 3 is 1.81 bits per heavy atom. The van der Waals surface area contributed by atoms with E-state index in [1.807, 2.05) is 38.1 Å². The van der Waals surface area contributed by atoms with Crippen LogP contribution in [-0.4, -0.2) is 28.4 Å². The van der Waals surface area contributed by atoms with Crippen molar-refractivity contribution < 1.29 is 14.0 Å². The SMILES string of the molecule is COC(=O)C(C)(C)C1(O[Si](C)(C)C)c2ccccc2N(C)c2ccccc21. The Bertz CT molecular complexity index is 822. The zero-order valence-corrected chi connectivity index (χ0v) is 18.3. The number of ether oxygens (including phenoxy) is 1. The van der Waals surface area contributed by atoms with Gasteiger partial charge in [-0.2, -0.15) is 0 Å². The van der Waals surface area contributed by atoms with Crippen molar-refractivity contribution in [2.75, 3.05) is 19.1 Å². The molecule has 5 heteroatoms. The summed E-state index contributed by atoms with van der Waals surface area (Å²) in [5.74, 6) is -0.282. The number of para-hydroxylation sites is 2. The molecule has 0 fully saturated rings. The van der Waals surface area contributed by atoms with Crippen LogP contribution in [0, 0.1) is 5.41 Å². The third-order valence-electron chi connectivity index (χ3n) is 5.32. The normalized spacial score (nSPS) is 15.7. The Morgan fingerprint density at radius 1 is 0.963 bits per heavy atom. The first-order chi connectivity index (χ1) is 12.6. The van der Waals surface area contributed by atoms with Crippen molar-refractivity contribution >= 4 is 25.7 Å². The topological polar surface area (TPSA) is 38.8 Å². The number of methoxy groups -OCH3 is 1. The molecule has 2 aromatic rings. The maximum atomic E-state index is 13.0. The van der Waals surface area contributed by atoms with E-state index in [4.69, 9.17) is 9.16 Å². The smallest absolute Gasteiger partial charge is 0.314 e. The molecular formula is C22H29NO3Si. The minimum absolute atomic E-state index is 0.282. The number of fused-ring (bicyclic) bond motifs is 2. The van der Waals surface area contributed by atoms with E-state index < -0.39 is 19.3 Å². The van der Waals surface area contributed by atoms with Crippen LogP contribution in [0.25, 0.3) is 0 Å². The fraction of sp³-hybridized carbons (Fsp3) is 0.409. The van der Waals surface area contributed by atoms with Gasteiger partial charge in [0.2, 0.25) is 0 Å². The summed E-state index contributed by atoms with van der Waals surface area (Å²) in [6.45, 7) is 10.3. The molecule has 1 aliphatic heterocycles. The third-order valence-corrected chi connectivity index (χ3v) is 6.24. The van der Waals surface area contributed by atoms with Crippen molar-refractivity contribution in [3.63, 3.8) is 0 Å². The number of benzene rings is 2. The summed E-state index contributed by atoms with van der Waals surface area (Å²) in [7, 11) is 1.43. The Labute approximate surface area is 163 Å². The summed E-state index contributed by atoms with van der Waals surface area (Å²) in [5.41, 5.74) is 2.26. The largest absolute Gasteiger partial charge is 0.469 e. The number of anilines is 2. The summed E-state index contributed by atoms with van der Waals surface area (Å²) >= 11 is 0. The molecule has 0 saturated carbocycles. The maximum absolute atomic E-state index is 13.0. The molecule has 0 atom stereocenters. The highest BCUT2D eigenvalue weighted by Crippen LogP contribution is 2.58. The van der Waals surface area contributed by atoms with Crippen LogP contribution in [0.15, 0.2) is 48.5 Å². The molecule has 144 valence electrons. The molecule has 0 aromatic heterocycles. The second-order valence-electron chi connectivity index (χ2n) is 8.61. The van der Waals surface area contributed by atoms with Crippen molar-refractivity contribution in [1.29, 1.82) is 0 Å². The molecule has 4 nitrogen and oxygen atoms in total. The lowest BCUT2D eigenvalue weighted by atomic mass is 9.64. The molecule has 1 heterocycles. The molecule has 0 saturated heterocycles. The molecule has 0 N–H and O–H groups in total. The molecule has 0 radical (unpaired) electrons. The Hall–Kier alpha value is -2.11. The van der Waals surface area contributed by atoms with Crippen molar-refractivity contribution in [3.8, 4) is 0 Å². The lowest BCUT2D eigenvalue weighted by Crippen LogP contribution is -2.56. The number of nitrogens with zero attached hydrogens (tertiary/aromatic N) is 1. The fourth-order valence-electron chi connectivity index (χ4n) is 4.17. The van der Waals surface area contributed by atoms with E-state index in [9.17, 15) is 4.79 Å². The number of hydrogen-bond acceptors (Lipinski definition) is 4. The quantitative estimate of drug-likeness (QED) is 0.546. The van der Waals surface area contributed by atoms with Gasteiger partial charge >= 0.3 is 5.97 Å². The maximum Gasteiger partial charge on any atom is 0.314 e. The minimum Gasteiger partial charge on any atom is -0.469 e. The number of carbonyl (C=O) groups is 1. The van der Waals surface area contributed by atoms with Gasteiger partial charge in [-0.15, -0.1) is 0 Å². The highest BCUT2D eigenvalue weighted by atomic mass is 28.4. The Kier molecular flexibility index (Phi) is 4.73. The van der Waals surface area contributed by atoms with Gasteiger partial charge in [0.15, 0.2) is 8.32 Å². The van der Waals surface area contributed by atoms with Gasteiger partial charge in [0, 0.05) is 29.5 Å². The predicted molar refractivity (Wildman–Crippen MR) is 112 cm³/mol. The summed E-state index contributed by atoms with van der Waals surface area (Å²) in [6.07, 6.45) is 0. The van der Waals surface area contributed by atoms with Gasteiger partial charge in [0.05, 0.1) is 12.5 Å². The van der Waals surface area contributed by atoms with Crippen LogP contribution in [0.3, 0.4) is 0 Å². The van der Waals surface area contributed by atoms with E-state index >= 15 is 0 Å². The standard InChI is InChI=1S/C22H29NO3Si/c1-21(2,20(24)25-4)22(26-27(5,6)7)16-12-8-10-14-18(16)23(3)19-15-11-9-13-17(19)22/h8-15H,1-7H3. The third kappa shape index (κ3) is 2.89. The van der Waals surface area contributed by atoms with Crippen LogP contribution >= 0.6 is 0 Å². The van der Waals surface area contributed by atoms with Crippen LogP contribution in [0.5, 0.6) is 0 Å². The number of esters is 1. The molecule has 0 aliphatic carbocycles. The van der Waals surface area contributed by atoms with Crippen molar-refractivity contribution in [2.24, 2.45) is 5.41 Å². The van der Waals surface area contributed by atoms with E-state index in [-0.39, 0.29) is 5.97 Å². The highest BCUT2D eigenvalue weighted by Gasteiger charge is 2.59. The highest BCUT2D eigenvalue weighted by molar-refractivity contribution is 6.69. The summed E-state index contributed by atoms with van der Waals surface area (Å²) < 4.78 is 12.2. The van der Waals surface area contributed by atoms with Crippen LogP contribution in [0.2, 0.25) is 19.6 Å². The van der Waals surface area contributed by atoms with Crippen LogP contribution in [0.1, 0.15) is 25.0 Å². The average Bonchev–Trinajstić information content (AvgIpc) is 2.63. The molecule has 27 heavy (non-hydrogen) atoms. The summed E-state index contributed by atoms with van der Waals surface area (Å²) in [5, 5.41) is 0. The monoisotopic (exact) mass is 383 g/mol. The van der Waals surface area contributed by atoms with Gasteiger partial charge < -0.3 is 14.1 Å². The van der Waals surface area contributed by atoms with Gasteiger partial charge in [-0.25, -0.2) is 0 Å². The average molecular weight is 384 g/mol. The molecule has 0 bridgehead atoms. The first-order valence-corrected chi connectivity index (χ1v) is 12.7. The van der Waals surface area contributed by atoms with Gasteiger partial charge in [0.25, 0.3) is 0 Å². The molecule has 0 amide bonds. The molecular weight excluding hydrogens is 354 g/mol. The molecule has 0 spiro atoms.